The second-order valence-electron chi connectivity index (χ2n) is 9.29. The molecule has 166 valence electrons. The molecule has 0 aliphatic heterocycles. The normalized spacial score (nSPS) is 12.5. The monoisotopic (exact) mass is 433 g/mol. The van der Waals surface area contributed by atoms with E-state index in [1.54, 1.807) is 0 Å². The lowest BCUT2D eigenvalue weighted by Gasteiger charge is -2.19. The minimum atomic E-state index is 0.111. The summed E-state index contributed by atoms with van der Waals surface area (Å²) in [6.45, 7) is 10.8. The van der Waals surface area contributed by atoms with Crippen molar-refractivity contribution in [2.24, 2.45) is 0 Å². The van der Waals surface area contributed by atoms with E-state index in [-0.39, 0.29) is 5.41 Å². The quantitative estimate of drug-likeness (QED) is 0.298. The van der Waals surface area contributed by atoms with E-state index in [0.717, 1.165) is 28.5 Å². The summed E-state index contributed by atoms with van der Waals surface area (Å²) in [5.41, 5.74) is 6.95. The Kier molecular flexibility index (Phi) is 6.41. The molecule has 0 N–H and O–H groups in total. The third-order valence-corrected chi connectivity index (χ3v) is 5.80. The van der Waals surface area contributed by atoms with Gasteiger partial charge in [-0.05, 0) is 42.0 Å². The maximum Gasteiger partial charge on any atom is 0.168 e. The smallest absolute Gasteiger partial charge is 0.168 e. The van der Waals surface area contributed by atoms with E-state index < -0.39 is 0 Å². The Morgan fingerprint density at radius 3 is 1.70 bits per heavy atom. The molecule has 0 saturated carbocycles. The van der Waals surface area contributed by atoms with Crippen LogP contribution in [0.15, 0.2) is 97.1 Å². The summed E-state index contributed by atoms with van der Waals surface area (Å²) in [5.74, 6) is 1.68. The molecule has 0 saturated heterocycles. The Hall–Kier alpha value is -3.72. The van der Waals surface area contributed by atoms with E-state index in [9.17, 15) is 0 Å². The Balaban J connectivity index is 1.79. The molecule has 3 aromatic carbocycles. The Morgan fingerprint density at radius 1 is 0.697 bits per heavy atom. The van der Waals surface area contributed by atoms with Gasteiger partial charge >= 0.3 is 0 Å². The van der Waals surface area contributed by atoms with Crippen molar-refractivity contribution in [3.05, 3.63) is 103 Å². The molecular formula is C30H31N3. The number of hydrogen-bond acceptors (Lipinski definition) is 2. The van der Waals surface area contributed by atoms with Crippen molar-refractivity contribution in [3.63, 3.8) is 0 Å². The largest absolute Gasteiger partial charge is 0.279 e. The summed E-state index contributed by atoms with van der Waals surface area (Å²) < 4.78 is 2.14. The molecule has 4 aromatic rings. The molecule has 1 heterocycles. The maximum atomic E-state index is 4.61. The second-order valence-corrected chi connectivity index (χ2v) is 9.29. The van der Waals surface area contributed by atoms with Crippen LogP contribution in [-0.2, 0) is 5.41 Å². The fraction of sp³-hybridized carbons (Fsp3) is 0.200. The number of nitrogens with zero attached hydrogens (tertiary/aromatic N) is 3. The highest BCUT2D eigenvalue weighted by Crippen LogP contribution is 2.31. The fourth-order valence-electron chi connectivity index (χ4n) is 3.86. The minimum Gasteiger partial charge on any atom is -0.279 e. The molecule has 0 aliphatic carbocycles. The van der Waals surface area contributed by atoms with Crippen LogP contribution in [0, 0.1) is 0 Å². The van der Waals surface area contributed by atoms with Crippen molar-refractivity contribution in [2.45, 2.75) is 40.0 Å². The first-order chi connectivity index (χ1) is 15.9. The van der Waals surface area contributed by atoms with Gasteiger partial charge < -0.3 is 0 Å². The van der Waals surface area contributed by atoms with Gasteiger partial charge in [0.15, 0.2) is 11.6 Å². The van der Waals surface area contributed by atoms with Crippen molar-refractivity contribution in [1.82, 2.24) is 14.8 Å². The van der Waals surface area contributed by atoms with Gasteiger partial charge in [0.05, 0.1) is 0 Å². The first-order valence-electron chi connectivity index (χ1n) is 11.4. The Bertz CT molecular complexity index is 1270. The number of allylic oxidation sites excluding steroid dienone is 4. The number of rotatable bonds is 5. The topological polar surface area (TPSA) is 30.7 Å². The second kappa shape index (κ2) is 9.41. The van der Waals surface area contributed by atoms with E-state index in [2.05, 4.69) is 121 Å². The molecule has 33 heavy (non-hydrogen) atoms. The van der Waals surface area contributed by atoms with Gasteiger partial charge in [-0.1, -0.05) is 112 Å². The molecule has 3 heteroatoms. The molecule has 4 rings (SSSR count). The lowest BCUT2D eigenvalue weighted by Crippen LogP contribution is -2.10. The average Bonchev–Trinajstić information content (AvgIpc) is 3.28. The predicted molar refractivity (Wildman–Crippen MR) is 140 cm³/mol. The zero-order chi connectivity index (χ0) is 23.4. The van der Waals surface area contributed by atoms with Crippen LogP contribution in [0.5, 0.6) is 0 Å². The minimum absolute atomic E-state index is 0.111. The molecule has 0 unspecified atom stereocenters. The van der Waals surface area contributed by atoms with E-state index in [1.807, 2.05) is 25.1 Å². The van der Waals surface area contributed by atoms with Crippen LogP contribution in [0.3, 0.4) is 0 Å². The van der Waals surface area contributed by atoms with Crippen LogP contribution >= 0.6 is 0 Å². The van der Waals surface area contributed by atoms with Crippen molar-refractivity contribution in [2.75, 3.05) is 0 Å². The van der Waals surface area contributed by atoms with Gasteiger partial charge in [-0.15, -0.1) is 10.2 Å². The lowest BCUT2D eigenvalue weighted by atomic mass is 9.86. The first kappa shape index (κ1) is 22.5. The summed E-state index contributed by atoms with van der Waals surface area (Å²) in [6.07, 6.45) is 6.17. The van der Waals surface area contributed by atoms with E-state index in [0.29, 0.717) is 0 Å². The Labute approximate surface area is 197 Å². The van der Waals surface area contributed by atoms with E-state index in [4.69, 9.17) is 0 Å². The van der Waals surface area contributed by atoms with E-state index >= 15 is 0 Å². The zero-order valence-corrected chi connectivity index (χ0v) is 20.1. The fourth-order valence-corrected chi connectivity index (χ4v) is 3.86. The third kappa shape index (κ3) is 4.88. The number of benzene rings is 3. The van der Waals surface area contributed by atoms with Crippen LogP contribution in [0.1, 0.15) is 40.2 Å². The molecule has 1 aromatic heterocycles. The number of aromatic nitrogens is 3. The van der Waals surface area contributed by atoms with Gasteiger partial charge in [-0.25, -0.2) is 0 Å². The highest BCUT2D eigenvalue weighted by molar-refractivity contribution is 5.72. The van der Waals surface area contributed by atoms with Gasteiger partial charge in [0.1, 0.15) is 0 Å². The average molecular weight is 434 g/mol. The predicted octanol–water partition coefficient (Wildman–Crippen LogP) is 8.01. The van der Waals surface area contributed by atoms with Crippen molar-refractivity contribution in [1.29, 1.82) is 0 Å². The van der Waals surface area contributed by atoms with Crippen LogP contribution in [-0.4, -0.2) is 14.8 Å². The SMILES string of the molecule is CC=CC=C(C)n1c(-c2ccc(-c3ccccc3)cc2)nnc1-c1ccc(C(C)(C)C)cc1. The molecule has 0 atom stereocenters. The van der Waals surface area contributed by atoms with Crippen molar-refractivity contribution < 1.29 is 0 Å². The number of hydrogen-bond donors (Lipinski definition) is 0. The molecule has 3 nitrogen and oxygen atoms in total. The summed E-state index contributed by atoms with van der Waals surface area (Å²) in [5, 5.41) is 9.23. The van der Waals surface area contributed by atoms with Crippen molar-refractivity contribution in [3.8, 4) is 33.9 Å². The standard InChI is InChI=1S/C30H31N3/c1-6-7-11-22(2)33-28(25-16-14-24(15-17-25)23-12-9-8-10-13-23)31-32-29(33)26-18-20-27(21-19-26)30(3,4)5/h6-21H,1-5H3. The third-order valence-electron chi connectivity index (χ3n) is 5.80. The van der Waals surface area contributed by atoms with E-state index in [1.165, 1.54) is 16.7 Å². The Morgan fingerprint density at radius 2 is 1.18 bits per heavy atom. The molecule has 0 bridgehead atoms. The maximum absolute atomic E-state index is 4.61. The summed E-state index contributed by atoms with van der Waals surface area (Å²) in [4.78, 5) is 0. The van der Waals surface area contributed by atoms with Gasteiger partial charge in [-0.3, -0.25) is 4.57 Å². The summed E-state index contributed by atoms with van der Waals surface area (Å²) in [7, 11) is 0. The first-order valence-corrected chi connectivity index (χ1v) is 11.4. The van der Waals surface area contributed by atoms with Crippen LogP contribution < -0.4 is 0 Å². The van der Waals surface area contributed by atoms with Gasteiger partial charge in [0.2, 0.25) is 0 Å². The lowest BCUT2D eigenvalue weighted by molar-refractivity contribution is 0.590. The molecule has 0 radical (unpaired) electrons. The highest BCUT2D eigenvalue weighted by Gasteiger charge is 2.18. The highest BCUT2D eigenvalue weighted by atomic mass is 15.3. The molecule has 0 fully saturated rings. The molecule has 0 aliphatic rings. The van der Waals surface area contributed by atoms with Gasteiger partial charge in [0.25, 0.3) is 0 Å². The van der Waals surface area contributed by atoms with Crippen LogP contribution in [0.2, 0.25) is 0 Å². The molecule has 0 amide bonds. The van der Waals surface area contributed by atoms with Gasteiger partial charge in [-0.2, -0.15) is 0 Å². The van der Waals surface area contributed by atoms with Crippen molar-refractivity contribution >= 4 is 5.70 Å². The van der Waals surface area contributed by atoms with Crippen LogP contribution in [0.25, 0.3) is 39.6 Å². The summed E-state index contributed by atoms with van der Waals surface area (Å²) >= 11 is 0. The zero-order valence-electron chi connectivity index (χ0n) is 20.1. The molecule has 0 spiro atoms. The summed E-state index contributed by atoms with van der Waals surface area (Å²) in [6, 6.07) is 27.6. The van der Waals surface area contributed by atoms with Crippen LogP contribution in [0.4, 0.5) is 0 Å². The van der Waals surface area contributed by atoms with Gasteiger partial charge in [0, 0.05) is 16.8 Å². The molecular weight excluding hydrogens is 402 g/mol.